The first-order chi connectivity index (χ1) is 11.6. The summed E-state index contributed by atoms with van der Waals surface area (Å²) < 4.78 is 14.0. The number of nitrogens with two attached hydrogens (primary N) is 1. The summed E-state index contributed by atoms with van der Waals surface area (Å²) in [7, 11) is 0. The number of nitrogens with zero attached hydrogens (tertiary/aromatic N) is 3. The lowest BCUT2D eigenvalue weighted by atomic mass is 10.1. The van der Waals surface area contributed by atoms with Crippen molar-refractivity contribution in [3.63, 3.8) is 0 Å². The van der Waals surface area contributed by atoms with Crippen LogP contribution in [0.1, 0.15) is 12.5 Å². The summed E-state index contributed by atoms with van der Waals surface area (Å²) in [6, 6.07) is 8.23. The summed E-state index contributed by atoms with van der Waals surface area (Å²) in [6.45, 7) is 2.33. The average molecular weight is 327 g/mol. The van der Waals surface area contributed by atoms with E-state index in [2.05, 4.69) is 20.3 Å². The van der Waals surface area contributed by atoms with E-state index in [0.29, 0.717) is 28.8 Å². The standard InChI is InChI=1S/C17H18FN5O/c1-10(8-24)20-7-11-4-12(6-13(18)5-11)14-2-3-15-16(23-14)17(19)22-9-21-15/h2-6,9-10,20,24H,7-8H2,1H3,(H2,19,21,22). The van der Waals surface area contributed by atoms with Gasteiger partial charge in [0.1, 0.15) is 17.7 Å². The third kappa shape index (κ3) is 3.47. The molecule has 0 aliphatic carbocycles. The number of hydrogen-bond donors (Lipinski definition) is 3. The molecule has 2 heterocycles. The summed E-state index contributed by atoms with van der Waals surface area (Å²) >= 11 is 0. The maximum atomic E-state index is 14.0. The van der Waals surface area contributed by atoms with Gasteiger partial charge in [0.25, 0.3) is 0 Å². The summed E-state index contributed by atoms with van der Waals surface area (Å²) in [6.07, 6.45) is 1.38. The molecule has 4 N–H and O–H groups in total. The van der Waals surface area contributed by atoms with Crippen LogP contribution in [0.2, 0.25) is 0 Å². The lowest BCUT2D eigenvalue weighted by molar-refractivity contribution is 0.251. The predicted octanol–water partition coefficient (Wildman–Crippen LogP) is 1.88. The minimum absolute atomic E-state index is 0.0215. The molecular weight excluding hydrogens is 309 g/mol. The summed E-state index contributed by atoms with van der Waals surface area (Å²) in [5, 5.41) is 12.2. The molecule has 0 amide bonds. The van der Waals surface area contributed by atoms with Crippen molar-refractivity contribution < 1.29 is 9.50 Å². The van der Waals surface area contributed by atoms with E-state index in [1.54, 1.807) is 12.1 Å². The zero-order valence-electron chi connectivity index (χ0n) is 13.2. The van der Waals surface area contributed by atoms with Crippen molar-refractivity contribution in [2.24, 2.45) is 0 Å². The number of fused-ring (bicyclic) bond motifs is 1. The lowest BCUT2D eigenvalue weighted by Crippen LogP contribution is -2.28. The maximum absolute atomic E-state index is 14.0. The molecule has 0 radical (unpaired) electrons. The van der Waals surface area contributed by atoms with Gasteiger partial charge >= 0.3 is 0 Å². The van der Waals surface area contributed by atoms with E-state index in [1.807, 2.05) is 13.0 Å². The van der Waals surface area contributed by atoms with Crippen molar-refractivity contribution in [3.05, 3.63) is 48.0 Å². The van der Waals surface area contributed by atoms with Crippen LogP contribution >= 0.6 is 0 Å². The van der Waals surface area contributed by atoms with Gasteiger partial charge in [0.05, 0.1) is 17.8 Å². The number of anilines is 1. The zero-order chi connectivity index (χ0) is 17.1. The second-order valence-electron chi connectivity index (χ2n) is 5.64. The fraction of sp³-hybridized carbons (Fsp3) is 0.235. The van der Waals surface area contributed by atoms with E-state index in [0.717, 1.165) is 5.56 Å². The number of halogens is 1. The highest BCUT2D eigenvalue weighted by molar-refractivity contribution is 5.85. The van der Waals surface area contributed by atoms with Gasteiger partial charge < -0.3 is 16.2 Å². The van der Waals surface area contributed by atoms with Crippen LogP contribution in [0, 0.1) is 5.82 Å². The highest BCUT2D eigenvalue weighted by Crippen LogP contribution is 2.24. The molecule has 0 bridgehead atoms. The van der Waals surface area contributed by atoms with E-state index in [9.17, 15) is 4.39 Å². The Morgan fingerprint density at radius 3 is 2.88 bits per heavy atom. The lowest BCUT2D eigenvalue weighted by Gasteiger charge is -2.12. The third-order valence-corrected chi connectivity index (χ3v) is 3.69. The van der Waals surface area contributed by atoms with Gasteiger partial charge in [0, 0.05) is 18.2 Å². The zero-order valence-corrected chi connectivity index (χ0v) is 13.2. The van der Waals surface area contributed by atoms with Crippen molar-refractivity contribution in [2.75, 3.05) is 12.3 Å². The Hall–Kier alpha value is -2.64. The normalized spacial score (nSPS) is 12.5. The van der Waals surface area contributed by atoms with Crippen LogP contribution in [0.25, 0.3) is 22.3 Å². The second-order valence-corrected chi connectivity index (χ2v) is 5.64. The van der Waals surface area contributed by atoms with Gasteiger partial charge in [-0.2, -0.15) is 0 Å². The Labute approximate surface area is 138 Å². The van der Waals surface area contributed by atoms with E-state index in [4.69, 9.17) is 10.8 Å². The highest BCUT2D eigenvalue weighted by atomic mass is 19.1. The first-order valence-corrected chi connectivity index (χ1v) is 7.58. The molecule has 0 aliphatic heterocycles. The van der Waals surface area contributed by atoms with E-state index >= 15 is 0 Å². The molecule has 24 heavy (non-hydrogen) atoms. The van der Waals surface area contributed by atoms with Crippen LogP contribution in [0.5, 0.6) is 0 Å². The van der Waals surface area contributed by atoms with Crippen molar-refractivity contribution >= 4 is 16.9 Å². The number of nitrogen functional groups attached to an aromatic ring is 1. The van der Waals surface area contributed by atoms with Gasteiger partial charge in [-0.1, -0.05) is 0 Å². The molecule has 3 aromatic rings. The molecule has 1 unspecified atom stereocenters. The molecule has 1 aromatic carbocycles. The van der Waals surface area contributed by atoms with Gasteiger partial charge in [0.2, 0.25) is 0 Å². The SMILES string of the molecule is CC(CO)NCc1cc(F)cc(-c2ccc3ncnc(N)c3n2)c1. The number of benzene rings is 1. The molecule has 6 nitrogen and oxygen atoms in total. The average Bonchev–Trinajstić information content (AvgIpc) is 2.59. The van der Waals surface area contributed by atoms with Gasteiger partial charge in [-0.25, -0.2) is 19.3 Å². The van der Waals surface area contributed by atoms with Crippen molar-refractivity contribution in [2.45, 2.75) is 19.5 Å². The number of hydrogen-bond acceptors (Lipinski definition) is 6. The van der Waals surface area contributed by atoms with Crippen LogP contribution in [-0.2, 0) is 6.54 Å². The molecule has 0 saturated carbocycles. The Kier molecular flexibility index (Phi) is 4.64. The van der Waals surface area contributed by atoms with Crippen molar-refractivity contribution in [1.82, 2.24) is 20.3 Å². The van der Waals surface area contributed by atoms with Gasteiger partial charge in [-0.3, -0.25) is 0 Å². The number of rotatable bonds is 5. The Bertz CT molecular complexity index is 871. The summed E-state index contributed by atoms with van der Waals surface area (Å²) in [4.78, 5) is 12.5. The first kappa shape index (κ1) is 16.2. The van der Waals surface area contributed by atoms with Gasteiger partial charge in [0.15, 0.2) is 5.82 Å². The highest BCUT2D eigenvalue weighted by Gasteiger charge is 2.09. The van der Waals surface area contributed by atoms with E-state index < -0.39 is 0 Å². The van der Waals surface area contributed by atoms with Crippen LogP contribution < -0.4 is 11.1 Å². The van der Waals surface area contributed by atoms with Crippen molar-refractivity contribution in [1.29, 1.82) is 0 Å². The second kappa shape index (κ2) is 6.86. The van der Waals surface area contributed by atoms with Gasteiger partial charge in [-0.15, -0.1) is 0 Å². The smallest absolute Gasteiger partial charge is 0.153 e. The fourth-order valence-electron chi connectivity index (χ4n) is 2.38. The molecule has 1 atom stereocenters. The monoisotopic (exact) mass is 327 g/mol. The molecule has 0 fully saturated rings. The predicted molar refractivity (Wildman–Crippen MR) is 90.5 cm³/mol. The topological polar surface area (TPSA) is 97.0 Å². The van der Waals surface area contributed by atoms with Crippen LogP contribution in [0.4, 0.5) is 10.2 Å². The van der Waals surface area contributed by atoms with Crippen LogP contribution in [-0.4, -0.2) is 32.7 Å². The number of pyridine rings is 1. The van der Waals surface area contributed by atoms with Gasteiger partial charge in [-0.05, 0) is 42.8 Å². The number of aliphatic hydroxyl groups excluding tert-OH is 1. The summed E-state index contributed by atoms with van der Waals surface area (Å²) in [5.74, 6) is -0.0583. The molecule has 3 rings (SSSR count). The summed E-state index contributed by atoms with van der Waals surface area (Å²) in [5.41, 5.74) is 8.98. The molecule has 7 heteroatoms. The minimum Gasteiger partial charge on any atom is -0.395 e. The molecule has 0 aliphatic rings. The largest absolute Gasteiger partial charge is 0.395 e. The minimum atomic E-state index is -0.347. The maximum Gasteiger partial charge on any atom is 0.153 e. The fourth-order valence-corrected chi connectivity index (χ4v) is 2.38. The Balaban J connectivity index is 1.96. The van der Waals surface area contributed by atoms with E-state index in [-0.39, 0.29) is 24.3 Å². The van der Waals surface area contributed by atoms with Crippen molar-refractivity contribution in [3.8, 4) is 11.3 Å². The quantitative estimate of drug-likeness (QED) is 0.662. The molecule has 0 spiro atoms. The number of nitrogens with one attached hydrogen (secondary N) is 1. The number of aromatic nitrogens is 3. The number of aliphatic hydroxyl groups is 1. The molecular formula is C17H18FN5O. The Morgan fingerprint density at radius 1 is 1.25 bits per heavy atom. The molecule has 124 valence electrons. The molecule has 0 saturated heterocycles. The van der Waals surface area contributed by atoms with E-state index in [1.165, 1.54) is 18.5 Å². The van der Waals surface area contributed by atoms with Crippen LogP contribution in [0.15, 0.2) is 36.7 Å². The third-order valence-electron chi connectivity index (χ3n) is 3.69. The first-order valence-electron chi connectivity index (χ1n) is 7.58. The molecule has 2 aromatic heterocycles. The van der Waals surface area contributed by atoms with Crippen LogP contribution in [0.3, 0.4) is 0 Å². The Morgan fingerprint density at radius 2 is 2.08 bits per heavy atom.